The van der Waals surface area contributed by atoms with E-state index in [4.69, 9.17) is 30.2 Å². The predicted octanol–water partition coefficient (Wildman–Crippen LogP) is 7.86. The number of hydrogen-bond donors (Lipinski definition) is 4. The molecule has 0 atom stereocenters. The van der Waals surface area contributed by atoms with Gasteiger partial charge in [-0.15, -0.1) is 10.2 Å². The molecule has 0 saturated carbocycles. The number of amides is 1. The number of aromatic nitrogens is 10. The van der Waals surface area contributed by atoms with E-state index in [1.165, 1.54) is 23.1 Å². The van der Waals surface area contributed by atoms with Crippen LogP contribution >= 0.6 is 0 Å². The Balaban J connectivity index is 0.000000182. The second-order valence-corrected chi connectivity index (χ2v) is 20.3. The molecule has 7 aromatic rings. The Morgan fingerprint density at radius 3 is 1.58 bits per heavy atom. The number of nitrogens with one attached hydrogen (secondary N) is 3. The first-order valence-corrected chi connectivity index (χ1v) is 23.3. The fraction of sp³-hybridized carbons (Fsp3) is 0.490. The van der Waals surface area contributed by atoms with Gasteiger partial charge in [-0.2, -0.15) is 19.9 Å². The molecule has 5 aromatic heterocycles. The number of carbonyl (C=O) groups excluding carboxylic acids is 1. The zero-order chi connectivity index (χ0) is 47.6. The fourth-order valence-corrected chi connectivity index (χ4v) is 8.78. The van der Waals surface area contributed by atoms with Crippen LogP contribution in [0.25, 0.3) is 22.3 Å². The zero-order valence-corrected chi connectivity index (χ0v) is 40.7. The summed E-state index contributed by atoms with van der Waals surface area (Å²) in [5.41, 5.74) is 12.4. The number of imidazole rings is 2. The highest BCUT2D eigenvalue weighted by atomic mass is 16.4. The number of carbonyl (C=O) groups is 1. The van der Waals surface area contributed by atoms with Crippen LogP contribution in [-0.4, -0.2) is 81.3 Å². The molecule has 2 aliphatic rings. The summed E-state index contributed by atoms with van der Waals surface area (Å²) >= 11 is 0. The molecule has 5 N–H and O–H groups in total. The van der Waals surface area contributed by atoms with Gasteiger partial charge < -0.3 is 34.0 Å². The van der Waals surface area contributed by atoms with Crippen molar-refractivity contribution < 1.29 is 9.21 Å². The number of aryl methyl sites for hydroxylation is 4. The summed E-state index contributed by atoms with van der Waals surface area (Å²) in [4.78, 5) is 44.6. The first-order valence-electron chi connectivity index (χ1n) is 23.3. The quantitative estimate of drug-likeness (QED) is 0.0584. The molecule has 2 aliphatic heterocycles. The lowest BCUT2D eigenvalue weighted by atomic mass is 9.86. The van der Waals surface area contributed by atoms with Gasteiger partial charge in [0.2, 0.25) is 30.1 Å². The van der Waals surface area contributed by atoms with Crippen LogP contribution in [0.5, 0.6) is 0 Å². The average Bonchev–Trinajstić information content (AvgIpc) is 4.05. The summed E-state index contributed by atoms with van der Waals surface area (Å²) in [5.74, 6) is 9.59. The number of anilines is 6. The molecule has 67 heavy (non-hydrogen) atoms. The second kappa shape index (κ2) is 19.3. The molecule has 0 spiro atoms. The molecule has 2 fully saturated rings. The van der Waals surface area contributed by atoms with E-state index in [1.54, 1.807) is 12.7 Å². The van der Waals surface area contributed by atoms with Crippen molar-refractivity contribution in [2.75, 3.05) is 46.6 Å². The van der Waals surface area contributed by atoms with Crippen LogP contribution < -0.4 is 31.7 Å². The molecular formula is C49H66N16O2. The summed E-state index contributed by atoms with van der Waals surface area (Å²) in [6.07, 6.45) is 10.1. The Morgan fingerprint density at radius 2 is 1.16 bits per heavy atom. The van der Waals surface area contributed by atoms with Crippen molar-refractivity contribution in [3.8, 4) is 0 Å². The molecule has 0 aliphatic carbocycles. The Hall–Kier alpha value is -6.69. The van der Waals surface area contributed by atoms with Gasteiger partial charge in [0, 0.05) is 64.5 Å². The Kier molecular flexibility index (Phi) is 13.5. The summed E-state index contributed by atoms with van der Waals surface area (Å²) in [5, 5.41) is 15.0. The fourth-order valence-electron chi connectivity index (χ4n) is 8.78. The summed E-state index contributed by atoms with van der Waals surface area (Å²) < 4.78 is 9.25. The van der Waals surface area contributed by atoms with E-state index in [9.17, 15) is 4.79 Å². The molecule has 2 aromatic carbocycles. The van der Waals surface area contributed by atoms with Crippen molar-refractivity contribution in [2.24, 2.45) is 31.8 Å². The van der Waals surface area contributed by atoms with Crippen molar-refractivity contribution in [1.82, 2.24) is 54.7 Å². The maximum atomic E-state index is 11.6. The number of fused-ring (bicyclic) bond motifs is 2. The van der Waals surface area contributed by atoms with Gasteiger partial charge >= 0.3 is 0 Å². The van der Waals surface area contributed by atoms with Gasteiger partial charge in [-0.25, -0.2) is 15.8 Å². The standard InChI is InChI=1S/C25H32N8O.C24H34N8O/c1-16-6-7-18(25(2,3)4)13-19(16)28-23-21-22(26-14-32(21)5)29-24(30-23)33-10-8-17(9-11-33)12-20-31-27-15-34-20;1-15-6-7-17(24(2,3)4)13-18(15)27-22-20-21(26-14-31(20)5)28-23(29-22)32-10-8-16(9-11-32)12-19(33)30-25/h6-7,13-15,17H,8-12H2,1-5H3,(H,28,29,30);6-7,13-14,16H,8-12,25H2,1-5H3,(H,30,33)(H,27,28,29). The SMILES string of the molecule is Cc1ccc(C(C)(C)C)cc1Nc1nc(N2CCC(CC(=O)NN)CC2)nc2ncn(C)c12.Cc1ccc(C(C)(C)C)cc1Nc1nc(N2CCC(Cc3nnco3)CC2)nc2ncn(C)c12. The molecule has 0 unspecified atom stereocenters. The van der Waals surface area contributed by atoms with Crippen molar-refractivity contribution in [2.45, 2.75) is 105 Å². The van der Waals surface area contributed by atoms with Gasteiger partial charge in [-0.05, 0) is 96.6 Å². The Morgan fingerprint density at radius 1 is 0.701 bits per heavy atom. The average molecular weight is 911 g/mol. The lowest BCUT2D eigenvalue weighted by molar-refractivity contribution is -0.122. The van der Waals surface area contributed by atoms with Crippen LogP contribution in [0.3, 0.4) is 0 Å². The van der Waals surface area contributed by atoms with E-state index in [1.807, 2.05) is 23.2 Å². The third kappa shape index (κ3) is 10.8. The van der Waals surface area contributed by atoms with Crippen molar-refractivity contribution in [1.29, 1.82) is 0 Å². The molecule has 1 amide bonds. The number of rotatable bonds is 10. The monoisotopic (exact) mass is 911 g/mol. The molecule has 9 rings (SSSR count). The maximum absolute atomic E-state index is 11.6. The predicted molar refractivity (Wildman–Crippen MR) is 264 cm³/mol. The number of nitrogens with zero attached hydrogens (tertiary/aromatic N) is 12. The molecule has 18 heteroatoms. The topological polar surface area (TPSA) is 212 Å². The lowest BCUT2D eigenvalue weighted by Crippen LogP contribution is -2.38. The van der Waals surface area contributed by atoms with Crippen LogP contribution in [0.4, 0.5) is 34.9 Å². The smallest absolute Gasteiger partial charge is 0.234 e. The zero-order valence-electron chi connectivity index (χ0n) is 40.7. The normalized spacial score (nSPS) is 15.2. The van der Waals surface area contributed by atoms with Gasteiger partial charge in [0.1, 0.15) is 11.0 Å². The van der Waals surface area contributed by atoms with E-state index in [0.717, 1.165) is 104 Å². The first-order chi connectivity index (χ1) is 31.9. The molecule has 7 heterocycles. The molecule has 354 valence electrons. The van der Waals surface area contributed by atoms with Crippen LogP contribution in [-0.2, 0) is 36.1 Å². The first kappa shape index (κ1) is 46.8. The molecular weight excluding hydrogens is 845 g/mol. The third-order valence-corrected chi connectivity index (χ3v) is 13.1. The minimum absolute atomic E-state index is 0.0496. The number of nitrogens with two attached hydrogens (primary N) is 1. The summed E-state index contributed by atoms with van der Waals surface area (Å²) in [7, 11) is 3.93. The van der Waals surface area contributed by atoms with E-state index in [2.05, 4.69) is 138 Å². The lowest BCUT2D eigenvalue weighted by Gasteiger charge is -2.31. The van der Waals surface area contributed by atoms with E-state index in [0.29, 0.717) is 41.4 Å². The van der Waals surface area contributed by atoms with Crippen molar-refractivity contribution in [3.63, 3.8) is 0 Å². The van der Waals surface area contributed by atoms with Gasteiger partial charge in [-0.3, -0.25) is 10.2 Å². The Bertz CT molecular complexity index is 2820. The Labute approximate surface area is 392 Å². The van der Waals surface area contributed by atoms with Gasteiger partial charge in [0.25, 0.3) is 0 Å². The highest BCUT2D eigenvalue weighted by Gasteiger charge is 2.27. The van der Waals surface area contributed by atoms with Crippen LogP contribution in [0.1, 0.15) is 102 Å². The molecule has 0 bridgehead atoms. The van der Waals surface area contributed by atoms with E-state index >= 15 is 0 Å². The van der Waals surface area contributed by atoms with Crippen molar-refractivity contribution in [3.05, 3.63) is 83.6 Å². The number of hydrazine groups is 1. The molecule has 0 radical (unpaired) electrons. The summed E-state index contributed by atoms with van der Waals surface area (Å²) in [6, 6.07) is 13.1. The van der Waals surface area contributed by atoms with Crippen LogP contribution in [0, 0.1) is 25.7 Å². The maximum Gasteiger partial charge on any atom is 0.234 e. The summed E-state index contributed by atoms with van der Waals surface area (Å²) in [6.45, 7) is 20.9. The number of benzene rings is 2. The van der Waals surface area contributed by atoms with Crippen LogP contribution in [0.15, 0.2) is 59.9 Å². The van der Waals surface area contributed by atoms with Gasteiger partial charge in [0.15, 0.2) is 22.9 Å². The largest absolute Gasteiger partial charge is 0.428 e. The van der Waals surface area contributed by atoms with Crippen molar-refractivity contribution >= 4 is 63.1 Å². The molecule has 2 saturated heterocycles. The highest BCUT2D eigenvalue weighted by Crippen LogP contribution is 2.34. The highest BCUT2D eigenvalue weighted by molar-refractivity contribution is 5.88. The van der Waals surface area contributed by atoms with E-state index < -0.39 is 0 Å². The minimum atomic E-state index is -0.112. The minimum Gasteiger partial charge on any atom is -0.428 e. The molecule has 18 nitrogen and oxygen atoms in total. The third-order valence-electron chi connectivity index (χ3n) is 13.1. The van der Waals surface area contributed by atoms with Gasteiger partial charge in [-0.1, -0.05) is 65.8 Å². The van der Waals surface area contributed by atoms with Gasteiger partial charge in [0.05, 0.1) is 12.7 Å². The number of piperidine rings is 2. The second-order valence-electron chi connectivity index (χ2n) is 20.3. The van der Waals surface area contributed by atoms with E-state index in [-0.39, 0.29) is 16.7 Å². The van der Waals surface area contributed by atoms with Crippen LogP contribution in [0.2, 0.25) is 0 Å². The number of hydrogen-bond acceptors (Lipinski definition) is 15.